The van der Waals surface area contributed by atoms with Crippen molar-refractivity contribution in [2.24, 2.45) is 11.1 Å². The van der Waals surface area contributed by atoms with Gasteiger partial charge in [-0.15, -0.1) is 0 Å². The fourth-order valence-electron chi connectivity index (χ4n) is 0.367. The smallest absolute Gasteiger partial charge is 0.0599 e. The van der Waals surface area contributed by atoms with Crippen LogP contribution >= 0.6 is 0 Å². The first kappa shape index (κ1) is 8.88. The van der Waals surface area contributed by atoms with Gasteiger partial charge in [0.1, 0.15) is 0 Å². The summed E-state index contributed by atoms with van der Waals surface area (Å²) in [5.41, 5.74) is 4.77. The van der Waals surface area contributed by atoms with Crippen molar-refractivity contribution in [1.82, 2.24) is 0 Å². The Hall–Kier alpha value is -0.120. The number of nitrogens with two attached hydrogens (primary N) is 1. The van der Waals surface area contributed by atoms with Gasteiger partial charge in [-0.25, -0.2) is 0 Å². The lowest BCUT2D eigenvalue weighted by Gasteiger charge is -2.28. The Morgan fingerprint density at radius 3 is 2.11 bits per heavy atom. The van der Waals surface area contributed by atoms with E-state index in [0.717, 1.165) is 0 Å². The van der Waals surface area contributed by atoms with Crippen LogP contribution in [0.5, 0.6) is 0 Å². The lowest BCUT2D eigenvalue weighted by molar-refractivity contribution is 0.0132. The van der Waals surface area contributed by atoms with Crippen LogP contribution in [0, 0.1) is 5.41 Å². The Balaban J connectivity index is 3.92. The average Bonchev–Trinajstić information content (AvgIpc) is 1.86. The highest BCUT2D eigenvalue weighted by atomic mass is 16.3. The Labute approximate surface area is 55.5 Å². The first-order valence-electron chi connectivity index (χ1n) is 3.06. The monoisotopic (exact) mass is 133 g/mol. The molecule has 0 spiro atoms. The molecule has 0 bridgehead atoms. The molecular weight excluding hydrogens is 118 g/mol. The fraction of sp³-hybridized carbons (Fsp3) is 1.00. The topological polar surface area (TPSA) is 66.5 Å². The summed E-state index contributed by atoms with van der Waals surface area (Å²) in [5.74, 6) is 0. The number of hydrogen-bond donors (Lipinski definition) is 3. The molecule has 0 saturated carbocycles. The minimum Gasteiger partial charge on any atom is -0.396 e. The molecule has 0 aliphatic rings. The van der Waals surface area contributed by atoms with Gasteiger partial charge in [-0.05, 0) is 6.92 Å². The van der Waals surface area contributed by atoms with E-state index in [1.165, 1.54) is 0 Å². The second-order valence-electron chi connectivity index (χ2n) is 2.69. The van der Waals surface area contributed by atoms with Crippen molar-refractivity contribution in [3.05, 3.63) is 0 Å². The molecule has 56 valence electrons. The van der Waals surface area contributed by atoms with Crippen LogP contribution in [0.15, 0.2) is 0 Å². The van der Waals surface area contributed by atoms with E-state index in [2.05, 4.69) is 0 Å². The highest BCUT2D eigenvalue weighted by Gasteiger charge is 2.26. The molecule has 0 fully saturated rings. The van der Waals surface area contributed by atoms with E-state index in [0.29, 0.717) is 6.54 Å². The highest BCUT2D eigenvalue weighted by molar-refractivity contribution is 4.79. The molecule has 0 radical (unpaired) electrons. The second-order valence-corrected chi connectivity index (χ2v) is 2.69. The standard InChI is InChI=1S/C6H15NO2/c1-5(9)6(2,3-7)4-8/h5,8-9H,3-4,7H2,1-2H3. The summed E-state index contributed by atoms with van der Waals surface area (Å²) in [6, 6.07) is 0. The molecule has 0 aliphatic heterocycles. The second kappa shape index (κ2) is 3.15. The van der Waals surface area contributed by atoms with E-state index in [-0.39, 0.29) is 6.61 Å². The number of aliphatic hydroxyl groups is 2. The van der Waals surface area contributed by atoms with Crippen LogP contribution in [0.2, 0.25) is 0 Å². The predicted octanol–water partition coefficient (Wildman–Crippen LogP) is -0.676. The number of aliphatic hydroxyl groups excluding tert-OH is 2. The van der Waals surface area contributed by atoms with Gasteiger partial charge in [0.15, 0.2) is 0 Å². The van der Waals surface area contributed by atoms with Gasteiger partial charge in [0.2, 0.25) is 0 Å². The van der Waals surface area contributed by atoms with Crippen molar-refractivity contribution >= 4 is 0 Å². The van der Waals surface area contributed by atoms with Gasteiger partial charge in [-0.3, -0.25) is 0 Å². The van der Waals surface area contributed by atoms with E-state index in [9.17, 15) is 0 Å². The third kappa shape index (κ3) is 1.93. The third-order valence-corrected chi connectivity index (χ3v) is 1.84. The highest BCUT2D eigenvalue weighted by Crippen LogP contribution is 2.17. The van der Waals surface area contributed by atoms with Crippen molar-refractivity contribution in [2.75, 3.05) is 13.2 Å². The molecule has 0 rings (SSSR count). The molecule has 3 heteroatoms. The van der Waals surface area contributed by atoms with Gasteiger partial charge in [0.25, 0.3) is 0 Å². The molecular formula is C6H15NO2. The summed E-state index contributed by atoms with van der Waals surface area (Å²) in [5, 5.41) is 17.7. The molecule has 0 saturated heterocycles. The lowest BCUT2D eigenvalue weighted by Crippen LogP contribution is -2.40. The summed E-state index contributed by atoms with van der Waals surface area (Å²) in [4.78, 5) is 0. The van der Waals surface area contributed by atoms with Crippen LogP contribution in [0.3, 0.4) is 0 Å². The molecule has 0 aromatic heterocycles. The van der Waals surface area contributed by atoms with E-state index < -0.39 is 11.5 Å². The normalized spacial score (nSPS) is 21.0. The molecule has 9 heavy (non-hydrogen) atoms. The molecule has 0 heterocycles. The Bertz CT molecular complexity index is 79.1. The zero-order valence-corrected chi connectivity index (χ0v) is 5.96. The molecule has 0 amide bonds. The van der Waals surface area contributed by atoms with Gasteiger partial charge in [0, 0.05) is 12.0 Å². The van der Waals surface area contributed by atoms with Gasteiger partial charge >= 0.3 is 0 Å². The molecule has 0 aromatic rings. The Morgan fingerprint density at radius 2 is 2.11 bits per heavy atom. The van der Waals surface area contributed by atoms with E-state index in [1.807, 2.05) is 0 Å². The zero-order chi connectivity index (χ0) is 7.49. The number of rotatable bonds is 3. The van der Waals surface area contributed by atoms with Gasteiger partial charge in [0.05, 0.1) is 12.7 Å². The molecule has 0 aromatic carbocycles. The minimum atomic E-state index is -0.549. The fourth-order valence-corrected chi connectivity index (χ4v) is 0.367. The summed E-state index contributed by atoms with van der Waals surface area (Å²) in [7, 11) is 0. The maximum atomic E-state index is 9.03. The van der Waals surface area contributed by atoms with Crippen LogP contribution in [0.4, 0.5) is 0 Å². The maximum absolute atomic E-state index is 9.03. The van der Waals surface area contributed by atoms with Crippen LogP contribution < -0.4 is 5.73 Å². The van der Waals surface area contributed by atoms with Crippen molar-refractivity contribution in [2.45, 2.75) is 20.0 Å². The average molecular weight is 133 g/mol. The van der Waals surface area contributed by atoms with Crippen molar-refractivity contribution in [3.63, 3.8) is 0 Å². The van der Waals surface area contributed by atoms with E-state index in [1.54, 1.807) is 13.8 Å². The van der Waals surface area contributed by atoms with Crippen molar-refractivity contribution in [3.8, 4) is 0 Å². The lowest BCUT2D eigenvalue weighted by atomic mass is 9.86. The molecule has 2 atom stereocenters. The molecule has 0 aliphatic carbocycles. The summed E-state index contributed by atoms with van der Waals surface area (Å²) in [6.07, 6.45) is -0.549. The molecule has 4 N–H and O–H groups in total. The third-order valence-electron chi connectivity index (χ3n) is 1.84. The van der Waals surface area contributed by atoms with Crippen LogP contribution in [-0.4, -0.2) is 29.5 Å². The van der Waals surface area contributed by atoms with Crippen LogP contribution in [0.25, 0.3) is 0 Å². The quantitative estimate of drug-likeness (QED) is 0.478. The van der Waals surface area contributed by atoms with Gasteiger partial charge in [-0.1, -0.05) is 6.92 Å². The Morgan fingerprint density at radius 1 is 1.67 bits per heavy atom. The minimum absolute atomic E-state index is 0.0683. The first-order valence-corrected chi connectivity index (χ1v) is 3.06. The van der Waals surface area contributed by atoms with Gasteiger partial charge < -0.3 is 15.9 Å². The summed E-state index contributed by atoms with van der Waals surface area (Å²) in [6.45, 7) is 3.61. The maximum Gasteiger partial charge on any atom is 0.0599 e. The van der Waals surface area contributed by atoms with Crippen molar-refractivity contribution in [1.29, 1.82) is 0 Å². The SMILES string of the molecule is CC(O)C(C)(CN)CO. The van der Waals surface area contributed by atoms with Gasteiger partial charge in [-0.2, -0.15) is 0 Å². The zero-order valence-electron chi connectivity index (χ0n) is 5.96. The predicted molar refractivity (Wildman–Crippen MR) is 35.9 cm³/mol. The van der Waals surface area contributed by atoms with E-state index >= 15 is 0 Å². The van der Waals surface area contributed by atoms with E-state index in [4.69, 9.17) is 15.9 Å². The summed E-state index contributed by atoms with van der Waals surface area (Å²) < 4.78 is 0. The molecule has 3 nitrogen and oxygen atoms in total. The van der Waals surface area contributed by atoms with Crippen molar-refractivity contribution < 1.29 is 10.2 Å². The van der Waals surface area contributed by atoms with Crippen LogP contribution in [-0.2, 0) is 0 Å². The summed E-state index contributed by atoms with van der Waals surface area (Å²) >= 11 is 0. The Kier molecular flexibility index (Phi) is 3.11. The molecule has 2 unspecified atom stereocenters. The number of hydrogen-bond acceptors (Lipinski definition) is 3. The van der Waals surface area contributed by atoms with Crippen LogP contribution in [0.1, 0.15) is 13.8 Å². The first-order chi connectivity index (χ1) is 4.06. The largest absolute Gasteiger partial charge is 0.396 e.